The third-order valence-corrected chi connectivity index (χ3v) is 3.24. The van der Waals surface area contributed by atoms with Crippen LogP contribution in [-0.2, 0) is 0 Å². The van der Waals surface area contributed by atoms with Crippen LogP contribution in [0.15, 0.2) is 11.6 Å². The highest BCUT2D eigenvalue weighted by Crippen LogP contribution is 2.29. The van der Waals surface area contributed by atoms with Crippen molar-refractivity contribution in [2.45, 2.75) is 47.1 Å². The van der Waals surface area contributed by atoms with Gasteiger partial charge in [-0.1, -0.05) is 46.3 Å². The van der Waals surface area contributed by atoms with Gasteiger partial charge in [0.15, 0.2) is 0 Å². The van der Waals surface area contributed by atoms with Gasteiger partial charge in [0.1, 0.15) is 0 Å². The first-order valence-corrected chi connectivity index (χ1v) is 6.55. The predicted octanol–water partition coefficient (Wildman–Crippen LogP) is 2.66. The van der Waals surface area contributed by atoms with E-state index in [0.717, 1.165) is 13.1 Å². The fourth-order valence-corrected chi connectivity index (χ4v) is 2.11. The van der Waals surface area contributed by atoms with E-state index in [2.05, 4.69) is 50.9 Å². The van der Waals surface area contributed by atoms with Crippen molar-refractivity contribution in [2.24, 2.45) is 5.41 Å². The Labute approximate surface area is 101 Å². The zero-order chi connectivity index (χ0) is 12.2. The van der Waals surface area contributed by atoms with Crippen LogP contribution in [0.5, 0.6) is 0 Å². The molecule has 0 aromatic heterocycles. The first-order valence-electron chi connectivity index (χ1n) is 6.55. The van der Waals surface area contributed by atoms with Crippen molar-refractivity contribution in [2.75, 3.05) is 26.2 Å². The van der Waals surface area contributed by atoms with Gasteiger partial charge < -0.3 is 5.32 Å². The third-order valence-electron chi connectivity index (χ3n) is 3.24. The van der Waals surface area contributed by atoms with Crippen molar-refractivity contribution in [3.8, 4) is 0 Å². The van der Waals surface area contributed by atoms with E-state index in [0.29, 0.717) is 11.5 Å². The van der Waals surface area contributed by atoms with Crippen LogP contribution in [0.1, 0.15) is 41.0 Å². The molecule has 0 saturated heterocycles. The standard InChI is InChI=1S/C14H28N2/c1-12(2)15-8-11-16-9-6-13(7-10-16)14(3,4)5/h6,12,15H,7-11H2,1-5H3. The van der Waals surface area contributed by atoms with E-state index in [9.17, 15) is 0 Å². The molecule has 94 valence electrons. The van der Waals surface area contributed by atoms with Crippen LogP contribution in [0, 0.1) is 5.41 Å². The minimum absolute atomic E-state index is 0.363. The molecule has 0 saturated carbocycles. The van der Waals surface area contributed by atoms with Gasteiger partial charge in [-0.2, -0.15) is 0 Å². The Balaban J connectivity index is 2.29. The van der Waals surface area contributed by atoms with E-state index in [1.54, 1.807) is 5.57 Å². The highest BCUT2D eigenvalue weighted by Gasteiger charge is 2.20. The van der Waals surface area contributed by atoms with Crippen LogP contribution in [0.4, 0.5) is 0 Å². The minimum atomic E-state index is 0.363. The molecule has 0 bridgehead atoms. The van der Waals surface area contributed by atoms with Crippen LogP contribution in [-0.4, -0.2) is 37.1 Å². The summed E-state index contributed by atoms with van der Waals surface area (Å²) in [6, 6.07) is 0.602. The summed E-state index contributed by atoms with van der Waals surface area (Å²) in [5.41, 5.74) is 1.99. The molecular formula is C14H28N2. The molecule has 2 heteroatoms. The fraction of sp³-hybridized carbons (Fsp3) is 0.857. The quantitative estimate of drug-likeness (QED) is 0.739. The Hall–Kier alpha value is -0.340. The average molecular weight is 224 g/mol. The molecule has 1 rings (SSSR count). The molecule has 2 nitrogen and oxygen atoms in total. The fourth-order valence-electron chi connectivity index (χ4n) is 2.11. The molecule has 0 radical (unpaired) electrons. The van der Waals surface area contributed by atoms with Gasteiger partial charge in [0.05, 0.1) is 0 Å². The van der Waals surface area contributed by atoms with Gasteiger partial charge in [0.25, 0.3) is 0 Å². The minimum Gasteiger partial charge on any atom is -0.313 e. The monoisotopic (exact) mass is 224 g/mol. The molecule has 0 fully saturated rings. The summed E-state index contributed by atoms with van der Waals surface area (Å²) in [6.45, 7) is 16.0. The Bertz CT molecular complexity index is 236. The molecule has 1 N–H and O–H groups in total. The van der Waals surface area contributed by atoms with Crippen molar-refractivity contribution in [3.05, 3.63) is 11.6 Å². The van der Waals surface area contributed by atoms with Gasteiger partial charge in [-0.15, -0.1) is 0 Å². The van der Waals surface area contributed by atoms with Gasteiger partial charge in [0, 0.05) is 32.2 Å². The van der Waals surface area contributed by atoms with Crippen LogP contribution >= 0.6 is 0 Å². The lowest BCUT2D eigenvalue weighted by Gasteiger charge is -2.32. The van der Waals surface area contributed by atoms with Gasteiger partial charge in [0.2, 0.25) is 0 Å². The van der Waals surface area contributed by atoms with Gasteiger partial charge >= 0.3 is 0 Å². The highest BCUT2D eigenvalue weighted by molar-refractivity contribution is 5.14. The van der Waals surface area contributed by atoms with E-state index in [-0.39, 0.29) is 0 Å². The Kier molecular flexibility index (Phi) is 5.00. The lowest BCUT2D eigenvalue weighted by atomic mass is 9.83. The van der Waals surface area contributed by atoms with Crippen LogP contribution in [0.2, 0.25) is 0 Å². The molecule has 0 spiro atoms. The molecule has 0 aromatic carbocycles. The van der Waals surface area contributed by atoms with Crippen molar-refractivity contribution in [1.82, 2.24) is 10.2 Å². The van der Waals surface area contributed by atoms with Gasteiger partial charge in [-0.3, -0.25) is 4.90 Å². The second kappa shape index (κ2) is 5.83. The normalized spacial score (nSPS) is 19.0. The molecule has 0 unspecified atom stereocenters. The first kappa shape index (κ1) is 13.7. The van der Waals surface area contributed by atoms with E-state index >= 15 is 0 Å². The third kappa shape index (κ3) is 4.67. The van der Waals surface area contributed by atoms with E-state index in [4.69, 9.17) is 0 Å². The van der Waals surface area contributed by atoms with E-state index in [1.165, 1.54) is 19.5 Å². The summed E-state index contributed by atoms with van der Waals surface area (Å²) in [5.74, 6) is 0. The smallest absolute Gasteiger partial charge is 0.0166 e. The van der Waals surface area contributed by atoms with Gasteiger partial charge in [-0.25, -0.2) is 0 Å². The lowest BCUT2D eigenvalue weighted by Crippen LogP contribution is -2.38. The van der Waals surface area contributed by atoms with Crippen LogP contribution in [0.25, 0.3) is 0 Å². The maximum absolute atomic E-state index is 3.47. The Morgan fingerprint density at radius 2 is 2.06 bits per heavy atom. The van der Waals surface area contributed by atoms with E-state index in [1.807, 2.05) is 0 Å². The summed E-state index contributed by atoms with van der Waals surface area (Å²) in [4.78, 5) is 2.53. The lowest BCUT2D eigenvalue weighted by molar-refractivity contribution is 0.275. The summed E-state index contributed by atoms with van der Waals surface area (Å²) in [5, 5.41) is 3.47. The molecule has 1 heterocycles. The van der Waals surface area contributed by atoms with Crippen molar-refractivity contribution >= 4 is 0 Å². The van der Waals surface area contributed by atoms with Crippen molar-refractivity contribution < 1.29 is 0 Å². The van der Waals surface area contributed by atoms with Crippen LogP contribution in [0.3, 0.4) is 0 Å². The average Bonchev–Trinajstić information content (AvgIpc) is 2.16. The number of rotatable bonds is 4. The molecule has 1 aliphatic rings. The molecular weight excluding hydrogens is 196 g/mol. The van der Waals surface area contributed by atoms with Gasteiger partial charge in [-0.05, 0) is 11.8 Å². The summed E-state index contributed by atoms with van der Waals surface area (Å²) in [6.07, 6.45) is 3.67. The SMILES string of the molecule is CC(C)NCCN1CC=C(C(C)(C)C)CC1. The highest BCUT2D eigenvalue weighted by atomic mass is 15.1. The van der Waals surface area contributed by atoms with Crippen molar-refractivity contribution in [1.29, 1.82) is 0 Å². The van der Waals surface area contributed by atoms with Crippen LogP contribution < -0.4 is 5.32 Å². The zero-order valence-electron chi connectivity index (χ0n) is 11.6. The molecule has 0 aliphatic carbocycles. The molecule has 16 heavy (non-hydrogen) atoms. The Morgan fingerprint density at radius 1 is 1.38 bits per heavy atom. The summed E-state index contributed by atoms with van der Waals surface area (Å²) in [7, 11) is 0. The second-order valence-electron chi connectivity index (χ2n) is 6.14. The number of hydrogen-bond acceptors (Lipinski definition) is 2. The second-order valence-corrected chi connectivity index (χ2v) is 6.14. The molecule has 0 amide bonds. The maximum Gasteiger partial charge on any atom is 0.0166 e. The van der Waals surface area contributed by atoms with E-state index < -0.39 is 0 Å². The first-order chi connectivity index (χ1) is 7.39. The zero-order valence-corrected chi connectivity index (χ0v) is 11.6. The topological polar surface area (TPSA) is 15.3 Å². The summed E-state index contributed by atoms with van der Waals surface area (Å²) >= 11 is 0. The molecule has 0 atom stereocenters. The van der Waals surface area contributed by atoms with Crippen molar-refractivity contribution in [3.63, 3.8) is 0 Å². The maximum atomic E-state index is 3.47. The Morgan fingerprint density at radius 3 is 2.50 bits per heavy atom. The largest absolute Gasteiger partial charge is 0.313 e. The number of nitrogens with one attached hydrogen (secondary N) is 1. The molecule has 0 aromatic rings. The molecule has 1 aliphatic heterocycles. The predicted molar refractivity (Wildman–Crippen MR) is 71.7 cm³/mol. The summed E-state index contributed by atoms with van der Waals surface area (Å²) < 4.78 is 0. The number of hydrogen-bond donors (Lipinski definition) is 1. The number of nitrogens with zero attached hydrogens (tertiary/aromatic N) is 1.